The molecule has 0 aliphatic heterocycles. The fraction of sp³-hybridized carbons (Fsp3) is 0.125. The van der Waals surface area contributed by atoms with Gasteiger partial charge in [0.15, 0.2) is 0 Å². The molecule has 0 atom stereocenters. The summed E-state index contributed by atoms with van der Waals surface area (Å²) in [5.41, 5.74) is 9.01. The van der Waals surface area contributed by atoms with Crippen molar-refractivity contribution in [3.8, 4) is 0 Å². The Morgan fingerprint density at radius 3 is 1.95 bits per heavy atom. The molecule has 0 bridgehead atoms. The highest BCUT2D eigenvalue weighted by Crippen LogP contribution is 2.16. The summed E-state index contributed by atoms with van der Waals surface area (Å²) >= 11 is 0. The molecule has 5 heteroatoms. The molecule has 0 spiro atoms. The zero-order chi connectivity index (χ0) is 15.4. The van der Waals surface area contributed by atoms with Crippen LogP contribution in [-0.4, -0.2) is 11.9 Å². The van der Waals surface area contributed by atoms with E-state index in [2.05, 4.69) is 10.6 Å². The summed E-state index contributed by atoms with van der Waals surface area (Å²) in [6, 6.07) is 11.7. The largest absolute Gasteiger partial charge is 0.351 e. The Kier molecular flexibility index (Phi) is 4.23. The minimum Gasteiger partial charge on any atom is -0.351 e. The third-order valence-corrected chi connectivity index (χ3v) is 2.89. The van der Waals surface area contributed by atoms with Crippen LogP contribution in [0.3, 0.4) is 0 Å². The number of anilines is 2. The lowest BCUT2D eigenvalue weighted by molar-refractivity contribution is 0.102. The lowest BCUT2D eigenvalue weighted by atomic mass is 10.1. The second-order valence-corrected chi connectivity index (χ2v) is 4.90. The zero-order valence-electron chi connectivity index (χ0n) is 11.9. The number of carbonyl (C=O) groups excluding carboxylic acids is 2. The van der Waals surface area contributed by atoms with Crippen LogP contribution >= 0.6 is 0 Å². The lowest BCUT2D eigenvalue weighted by Crippen LogP contribution is -2.19. The number of amides is 3. The average Bonchev–Trinajstić information content (AvgIpc) is 2.37. The molecule has 0 fully saturated rings. The summed E-state index contributed by atoms with van der Waals surface area (Å²) in [6.07, 6.45) is 0. The van der Waals surface area contributed by atoms with E-state index in [-0.39, 0.29) is 5.91 Å². The van der Waals surface area contributed by atoms with Gasteiger partial charge in [-0.15, -0.1) is 0 Å². The van der Waals surface area contributed by atoms with E-state index < -0.39 is 6.03 Å². The topological polar surface area (TPSA) is 84.2 Å². The molecule has 2 rings (SSSR count). The molecule has 0 heterocycles. The molecule has 4 N–H and O–H groups in total. The fourth-order valence-electron chi connectivity index (χ4n) is 2.10. The molecule has 0 aliphatic rings. The molecule has 0 saturated heterocycles. The third-order valence-electron chi connectivity index (χ3n) is 2.89. The van der Waals surface area contributed by atoms with Crippen molar-refractivity contribution in [2.75, 3.05) is 10.6 Å². The molecule has 2 aromatic carbocycles. The van der Waals surface area contributed by atoms with Gasteiger partial charge in [-0.1, -0.05) is 6.07 Å². The van der Waals surface area contributed by atoms with Gasteiger partial charge < -0.3 is 16.4 Å². The molecular weight excluding hydrogens is 266 g/mol. The average molecular weight is 283 g/mol. The summed E-state index contributed by atoms with van der Waals surface area (Å²) in [4.78, 5) is 22.9. The Morgan fingerprint density at radius 1 is 0.857 bits per heavy atom. The summed E-state index contributed by atoms with van der Waals surface area (Å²) in [5.74, 6) is -0.203. The minimum absolute atomic E-state index is 0.203. The zero-order valence-corrected chi connectivity index (χ0v) is 11.9. The van der Waals surface area contributed by atoms with E-state index in [1.807, 2.05) is 32.0 Å². The molecular formula is C16H17N3O2. The lowest BCUT2D eigenvalue weighted by Gasteiger charge is -2.08. The van der Waals surface area contributed by atoms with Crippen molar-refractivity contribution in [1.29, 1.82) is 0 Å². The fourth-order valence-corrected chi connectivity index (χ4v) is 2.10. The van der Waals surface area contributed by atoms with Gasteiger partial charge in [-0.05, 0) is 61.4 Å². The van der Waals surface area contributed by atoms with E-state index in [9.17, 15) is 9.59 Å². The second-order valence-electron chi connectivity index (χ2n) is 4.90. The Labute approximate surface area is 123 Å². The molecule has 108 valence electrons. The standard InChI is InChI=1S/C16H17N3O2/c1-10-7-11(2)9-14(8-10)18-15(20)12-3-5-13(6-4-12)19-16(17)21/h3-9H,1-2H3,(H,18,20)(H3,17,19,21). The first-order valence-electron chi connectivity index (χ1n) is 6.50. The predicted molar refractivity (Wildman–Crippen MR) is 83.5 cm³/mol. The van der Waals surface area contributed by atoms with Gasteiger partial charge in [-0.3, -0.25) is 4.79 Å². The van der Waals surface area contributed by atoms with Crippen LogP contribution in [0.25, 0.3) is 0 Å². The van der Waals surface area contributed by atoms with Crippen LogP contribution in [0.2, 0.25) is 0 Å². The monoisotopic (exact) mass is 283 g/mol. The summed E-state index contributed by atoms with van der Waals surface area (Å²) in [6.45, 7) is 3.96. The van der Waals surface area contributed by atoms with Crippen molar-refractivity contribution >= 4 is 23.3 Å². The van der Waals surface area contributed by atoms with Crippen LogP contribution < -0.4 is 16.4 Å². The normalized spacial score (nSPS) is 10.0. The quantitative estimate of drug-likeness (QED) is 0.808. The maximum absolute atomic E-state index is 12.1. The Balaban J connectivity index is 2.11. The summed E-state index contributed by atoms with van der Waals surface area (Å²) in [5, 5.41) is 5.29. The van der Waals surface area contributed by atoms with Gasteiger partial charge in [0.1, 0.15) is 0 Å². The van der Waals surface area contributed by atoms with Crippen molar-refractivity contribution in [3.63, 3.8) is 0 Å². The highest BCUT2D eigenvalue weighted by molar-refractivity contribution is 6.04. The second kappa shape index (κ2) is 6.09. The van der Waals surface area contributed by atoms with Crippen LogP contribution in [0, 0.1) is 13.8 Å². The molecule has 0 unspecified atom stereocenters. The number of benzene rings is 2. The molecule has 2 aromatic rings. The van der Waals surface area contributed by atoms with E-state index in [4.69, 9.17) is 5.73 Å². The van der Waals surface area contributed by atoms with Gasteiger partial charge in [-0.25, -0.2) is 4.79 Å². The van der Waals surface area contributed by atoms with Crippen molar-refractivity contribution in [2.45, 2.75) is 13.8 Å². The number of primary amides is 1. The number of aryl methyl sites for hydroxylation is 2. The van der Waals surface area contributed by atoms with Crippen molar-refractivity contribution in [1.82, 2.24) is 0 Å². The summed E-state index contributed by atoms with van der Waals surface area (Å²) < 4.78 is 0. The maximum atomic E-state index is 12.1. The van der Waals surface area contributed by atoms with Gasteiger partial charge in [0.05, 0.1) is 0 Å². The molecule has 3 amide bonds. The first kappa shape index (κ1) is 14.6. The SMILES string of the molecule is Cc1cc(C)cc(NC(=O)c2ccc(NC(N)=O)cc2)c1. The molecule has 0 radical (unpaired) electrons. The number of carbonyl (C=O) groups is 2. The number of rotatable bonds is 3. The van der Waals surface area contributed by atoms with Crippen molar-refractivity contribution < 1.29 is 9.59 Å². The van der Waals surface area contributed by atoms with Crippen LogP contribution in [-0.2, 0) is 0 Å². The highest BCUT2D eigenvalue weighted by atomic mass is 16.2. The van der Waals surface area contributed by atoms with Gasteiger partial charge in [0.2, 0.25) is 0 Å². The number of hydrogen-bond acceptors (Lipinski definition) is 2. The number of urea groups is 1. The Morgan fingerprint density at radius 2 is 1.43 bits per heavy atom. The van der Waals surface area contributed by atoms with E-state index in [0.717, 1.165) is 16.8 Å². The first-order valence-corrected chi connectivity index (χ1v) is 6.50. The molecule has 0 saturated carbocycles. The van der Waals surface area contributed by atoms with Gasteiger partial charge in [0, 0.05) is 16.9 Å². The smallest absolute Gasteiger partial charge is 0.316 e. The van der Waals surface area contributed by atoms with Crippen LogP contribution in [0.1, 0.15) is 21.5 Å². The van der Waals surface area contributed by atoms with E-state index in [1.54, 1.807) is 24.3 Å². The maximum Gasteiger partial charge on any atom is 0.316 e. The minimum atomic E-state index is -0.637. The Bertz CT molecular complexity index is 658. The number of hydrogen-bond donors (Lipinski definition) is 3. The van der Waals surface area contributed by atoms with Crippen LogP contribution in [0.4, 0.5) is 16.2 Å². The predicted octanol–water partition coefficient (Wildman–Crippen LogP) is 3.05. The first-order chi connectivity index (χ1) is 9.94. The molecule has 0 aliphatic carbocycles. The van der Waals surface area contributed by atoms with Crippen LogP contribution in [0.15, 0.2) is 42.5 Å². The van der Waals surface area contributed by atoms with E-state index >= 15 is 0 Å². The Hall–Kier alpha value is -2.82. The number of nitrogens with two attached hydrogens (primary N) is 1. The van der Waals surface area contributed by atoms with Gasteiger partial charge in [-0.2, -0.15) is 0 Å². The third kappa shape index (κ3) is 4.07. The molecule has 0 aromatic heterocycles. The van der Waals surface area contributed by atoms with Crippen molar-refractivity contribution in [2.24, 2.45) is 5.73 Å². The van der Waals surface area contributed by atoms with E-state index in [0.29, 0.717) is 11.3 Å². The van der Waals surface area contributed by atoms with Crippen molar-refractivity contribution in [3.05, 3.63) is 59.2 Å². The van der Waals surface area contributed by atoms with Gasteiger partial charge >= 0.3 is 6.03 Å². The van der Waals surface area contributed by atoms with Gasteiger partial charge in [0.25, 0.3) is 5.91 Å². The number of nitrogens with one attached hydrogen (secondary N) is 2. The van der Waals surface area contributed by atoms with Crippen LogP contribution in [0.5, 0.6) is 0 Å². The summed E-state index contributed by atoms with van der Waals surface area (Å²) in [7, 11) is 0. The van der Waals surface area contributed by atoms with E-state index in [1.165, 1.54) is 0 Å². The molecule has 5 nitrogen and oxygen atoms in total. The molecule has 21 heavy (non-hydrogen) atoms. The highest BCUT2D eigenvalue weighted by Gasteiger charge is 2.07.